The molecule has 14 aromatic carbocycles. The zero-order chi connectivity index (χ0) is 81.1. The van der Waals surface area contributed by atoms with Gasteiger partial charge in [0.05, 0.1) is 52.8 Å². The van der Waals surface area contributed by atoms with Crippen molar-refractivity contribution < 1.29 is 24.7 Å². The van der Waals surface area contributed by atoms with Crippen LogP contribution in [0.5, 0.6) is 0 Å². The molecule has 0 bridgehead atoms. The van der Waals surface area contributed by atoms with Crippen LogP contribution in [0.2, 0.25) is 0 Å². The molecule has 462 valence electrons. The van der Waals surface area contributed by atoms with E-state index in [9.17, 15) is 19.2 Å². The van der Waals surface area contributed by atoms with Crippen molar-refractivity contribution >= 4 is 79.0 Å². The molecule has 2 aliphatic rings. The minimum absolute atomic E-state index is 0.0995. The third-order valence-electron chi connectivity index (χ3n) is 18.6. The van der Waals surface area contributed by atoms with Gasteiger partial charge in [0.15, 0.2) is 17.5 Å². The molecule has 0 radical (unpaired) electrons. The van der Waals surface area contributed by atoms with E-state index in [1.165, 1.54) is 4.57 Å². The van der Waals surface area contributed by atoms with E-state index in [2.05, 4.69) is 39.0 Å². The molecule has 0 spiro atoms. The number of anilines is 6. The van der Waals surface area contributed by atoms with Crippen LogP contribution in [0.4, 0.5) is 34.1 Å². The topological polar surface area (TPSA) is 50.1 Å². The molecule has 0 aliphatic carbocycles. The molecule has 0 amide bonds. The Hall–Kier alpha value is -12.4. The molecule has 0 saturated carbocycles. The van der Waals surface area contributed by atoms with Gasteiger partial charge < -0.3 is 14.4 Å². The number of hydrogen-bond acceptors (Lipinski definition) is 5. The van der Waals surface area contributed by atoms with Crippen LogP contribution >= 0.6 is 0 Å². The molecule has 4 heterocycles. The molecule has 0 unspecified atom stereocenters. The summed E-state index contributed by atoms with van der Waals surface area (Å²) in [6.07, 6.45) is 0. The van der Waals surface area contributed by atoms with Gasteiger partial charge in [0.25, 0.3) is 6.71 Å². The minimum Gasteiger partial charge on any atom is -0.311 e. The second-order valence-electron chi connectivity index (χ2n) is 25.4. The fraction of sp³-hybridized carbons (Fsp3) is 0.0440. The van der Waals surface area contributed by atoms with E-state index in [0.29, 0.717) is 95.5 Å². The molecule has 16 aromatic rings. The summed E-state index contributed by atoms with van der Waals surface area (Å²) in [5, 5.41) is -0.378. The summed E-state index contributed by atoms with van der Waals surface area (Å²) >= 11 is 0. The molecule has 18 rings (SSSR count). The highest BCUT2D eigenvalue weighted by atomic mass is 15.2. The van der Waals surface area contributed by atoms with Crippen molar-refractivity contribution in [1.82, 2.24) is 19.5 Å². The van der Waals surface area contributed by atoms with E-state index in [1.807, 2.05) is 198 Å². The molecular formula is C91H65BN6. The summed E-state index contributed by atoms with van der Waals surface area (Å²) in [5.74, 6) is 0.861. The second kappa shape index (κ2) is 23.8. The maximum absolute atomic E-state index is 10.1. The lowest BCUT2D eigenvalue weighted by Crippen LogP contribution is -2.61. The molecule has 98 heavy (non-hydrogen) atoms. The number of rotatable bonds is 11. The Bertz CT molecular complexity index is 6680. The molecule has 7 heteroatoms. The summed E-state index contributed by atoms with van der Waals surface area (Å²) in [4.78, 5) is 20.4. The Balaban J connectivity index is 1.10. The van der Waals surface area contributed by atoms with Gasteiger partial charge in [-0.15, -0.1) is 0 Å². The van der Waals surface area contributed by atoms with Gasteiger partial charge in [0.2, 0.25) is 0 Å². The molecule has 0 fully saturated rings. The first-order chi connectivity index (χ1) is 55.7. The van der Waals surface area contributed by atoms with Gasteiger partial charge in [-0.1, -0.05) is 299 Å². The largest absolute Gasteiger partial charge is 0.311 e. The number of hydrogen-bond donors (Lipinski definition) is 0. The van der Waals surface area contributed by atoms with E-state index in [-0.39, 0.29) is 55.6 Å². The van der Waals surface area contributed by atoms with Crippen LogP contribution in [0.3, 0.4) is 0 Å². The lowest BCUT2D eigenvalue weighted by molar-refractivity contribution is 0.590. The lowest BCUT2D eigenvalue weighted by Gasteiger charge is -2.46. The first-order valence-corrected chi connectivity index (χ1v) is 32.3. The molecule has 2 aliphatic heterocycles. The number of nitrogens with zero attached hydrogens (tertiary/aromatic N) is 6. The molecule has 6 nitrogen and oxygen atoms in total. The van der Waals surface area contributed by atoms with Crippen LogP contribution in [-0.2, 0) is 5.41 Å². The SMILES string of the molecule is [2H]c1c([2H])c([2H])c(-c2ccc3c(c2)N(c2ccc(-c4ccccc4)cc2-c2ccccc2)c2cc(-n4c5c([2H])c([2H])c([2H])c([2H])c5c5c([2H])c([2H])c([2H])c([2H])c54)cc4c2B3c2ccc(-c3c([2H])c([2H])c([2H])c([2H])c3[2H])cc2N4c2c(-c3ccccc3)cc(C(C)(C)C)cc2-c2nc(-c3ccccc3)nc(-c3ccccc3)n2)c([2H])c1[2H]. The van der Waals surface area contributed by atoms with Gasteiger partial charge >= 0.3 is 0 Å². The smallest absolute Gasteiger partial charge is 0.252 e. The van der Waals surface area contributed by atoms with Crippen LogP contribution in [0.15, 0.2) is 339 Å². The number of fused-ring (bicyclic) bond motifs is 7. The molecule has 2 aromatic heterocycles. The third kappa shape index (κ3) is 10.0. The fourth-order valence-corrected chi connectivity index (χ4v) is 14.0. The standard InChI is InChI=1S/C91H65BN6/c1-91(2,3)70-56-75(64-37-19-8-20-38-64)87(76(57-70)90-94-88(65-39-21-9-22-40-65)93-89(95-90)66-41-23-10-24-42-66)98-83-55-69(62-33-15-6-16-34-62)48-51-78(83)92-77-50-47-68(61-31-13-5-14-32-61)54-82(77)97(81-52-49-67(60-29-11-4-12-30-60)53-74(81)63-35-17-7-18-36-63)84-58-71(59-85(98)86(84)92)96-79-45-27-25-43-72(79)73-44-26-28-46-80(73)96/h4-59H,1-3H3/i5D,6D,13D,14D,15D,16D,25D,26D,27D,28D,31D,32D,33D,34D,43D,44D,45D,46D. The van der Waals surface area contributed by atoms with Crippen LogP contribution in [0.25, 0.3) is 117 Å². The highest BCUT2D eigenvalue weighted by Gasteiger charge is 2.46. The van der Waals surface area contributed by atoms with Crippen LogP contribution < -0.4 is 26.2 Å². The van der Waals surface area contributed by atoms with Gasteiger partial charge in [-0.05, 0) is 132 Å². The van der Waals surface area contributed by atoms with Gasteiger partial charge in [0.1, 0.15) is 0 Å². The zero-order valence-corrected chi connectivity index (χ0v) is 53.2. The highest BCUT2D eigenvalue weighted by molar-refractivity contribution is 7.00. The number of para-hydroxylation sites is 2. The van der Waals surface area contributed by atoms with Crippen LogP contribution in [0, 0.1) is 0 Å². The van der Waals surface area contributed by atoms with E-state index < -0.39 is 121 Å². The van der Waals surface area contributed by atoms with Gasteiger partial charge in [0, 0.05) is 61.3 Å². The van der Waals surface area contributed by atoms with Crippen LogP contribution in [0.1, 0.15) is 51.0 Å². The number of benzene rings is 14. The Morgan fingerprint density at radius 3 is 1.26 bits per heavy atom. The van der Waals surface area contributed by atoms with E-state index >= 15 is 0 Å². The molecule has 0 atom stereocenters. The maximum Gasteiger partial charge on any atom is 0.252 e. The van der Waals surface area contributed by atoms with Crippen molar-refractivity contribution in [3.8, 4) is 95.5 Å². The van der Waals surface area contributed by atoms with Gasteiger partial charge in [-0.3, -0.25) is 0 Å². The van der Waals surface area contributed by atoms with Crippen molar-refractivity contribution in [2.75, 3.05) is 9.80 Å². The Morgan fingerprint density at radius 2 is 0.735 bits per heavy atom. The minimum atomic E-state index is -0.949. The van der Waals surface area contributed by atoms with Crippen molar-refractivity contribution in [1.29, 1.82) is 0 Å². The van der Waals surface area contributed by atoms with E-state index in [0.717, 1.165) is 22.3 Å². The number of aromatic nitrogens is 4. The van der Waals surface area contributed by atoms with E-state index in [4.69, 9.17) is 20.4 Å². The molecule has 0 saturated heterocycles. The van der Waals surface area contributed by atoms with Crippen molar-refractivity contribution in [2.45, 2.75) is 26.2 Å². The third-order valence-corrected chi connectivity index (χ3v) is 18.6. The fourth-order valence-electron chi connectivity index (χ4n) is 14.0. The summed E-state index contributed by atoms with van der Waals surface area (Å²) in [6.45, 7) is 5.36. The summed E-state index contributed by atoms with van der Waals surface area (Å²) in [5.41, 5.74) is 10.7. The molecular weight excluding hydrogens is 1190 g/mol. The Labute approximate surface area is 597 Å². The Morgan fingerprint density at radius 1 is 0.316 bits per heavy atom. The predicted molar refractivity (Wildman–Crippen MR) is 410 cm³/mol. The van der Waals surface area contributed by atoms with Crippen LogP contribution in [-0.4, -0.2) is 26.2 Å². The average molecular weight is 1270 g/mol. The average Bonchev–Trinajstić information content (AvgIpc) is 1.09. The first-order valence-electron chi connectivity index (χ1n) is 41.3. The van der Waals surface area contributed by atoms with Crippen molar-refractivity contribution in [2.24, 2.45) is 0 Å². The summed E-state index contributed by atoms with van der Waals surface area (Å²) in [7, 11) is 0. The van der Waals surface area contributed by atoms with E-state index in [1.54, 1.807) is 24.3 Å². The Kier molecular flexibility index (Phi) is 10.2. The van der Waals surface area contributed by atoms with Gasteiger partial charge in [-0.25, -0.2) is 15.0 Å². The second-order valence-corrected chi connectivity index (χ2v) is 25.4. The predicted octanol–water partition coefficient (Wildman–Crippen LogP) is 21.7. The summed E-state index contributed by atoms with van der Waals surface area (Å²) < 4.78 is 171. The van der Waals surface area contributed by atoms with Crippen molar-refractivity contribution in [3.63, 3.8) is 0 Å². The normalized spacial score (nSPS) is 14.9. The van der Waals surface area contributed by atoms with Crippen molar-refractivity contribution in [3.05, 3.63) is 345 Å². The quantitative estimate of drug-likeness (QED) is 0.121. The maximum atomic E-state index is 10.1. The molecule has 0 N–H and O–H groups in total. The first kappa shape index (κ1) is 42.1. The summed E-state index contributed by atoms with van der Waals surface area (Å²) in [6, 6.07) is 62.9. The lowest BCUT2D eigenvalue weighted by atomic mass is 9.33. The zero-order valence-electron chi connectivity index (χ0n) is 71.2. The highest BCUT2D eigenvalue weighted by Crippen LogP contribution is 2.54. The van der Waals surface area contributed by atoms with Gasteiger partial charge in [-0.2, -0.15) is 0 Å². The monoisotopic (exact) mass is 1270 g/mol.